The van der Waals surface area contributed by atoms with Gasteiger partial charge in [0.25, 0.3) is 0 Å². The van der Waals surface area contributed by atoms with Gasteiger partial charge in [0.05, 0.1) is 0 Å². The zero-order valence-electron chi connectivity index (χ0n) is 10.9. The summed E-state index contributed by atoms with van der Waals surface area (Å²) in [6.45, 7) is 3.44. The van der Waals surface area contributed by atoms with Crippen molar-refractivity contribution in [3.05, 3.63) is 22.4 Å². The monoisotopic (exact) mass is 252 g/mol. The molecule has 1 aromatic rings. The van der Waals surface area contributed by atoms with Crippen molar-refractivity contribution in [2.45, 2.75) is 44.7 Å². The van der Waals surface area contributed by atoms with E-state index in [9.17, 15) is 0 Å². The maximum atomic E-state index is 6.14. The first-order valence-corrected chi connectivity index (χ1v) is 7.53. The van der Waals surface area contributed by atoms with E-state index in [0.717, 1.165) is 25.3 Å². The molecule has 1 saturated carbocycles. The summed E-state index contributed by atoms with van der Waals surface area (Å²) in [5.74, 6) is 0.830. The van der Waals surface area contributed by atoms with Crippen LogP contribution in [0.1, 0.15) is 31.1 Å². The molecule has 0 radical (unpaired) electrons. The first-order valence-electron chi connectivity index (χ1n) is 6.65. The van der Waals surface area contributed by atoms with Gasteiger partial charge in [-0.3, -0.25) is 0 Å². The SMILES string of the molecule is CC(Cc1cccs1)N(C)CCC(N)C1CC1. The van der Waals surface area contributed by atoms with Crippen LogP contribution in [0.15, 0.2) is 17.5 Å². The molecule has 17 heavy (non-hydrogen) atoms. The standard InChI is InChI=1S/C14H24N2S/c1-11(10-13-4-3-9-17-13)16(2)8-7-14(15)12-5-6-12/h3-4,9,11-12,14H,5-8,10,15H2,1-2H3. The Morgan fingerprint density at radius 2 is 2.29 bits per heavy atom. The molecule has 2 N–H and O–H groups in total. The number of hydrogen-bond acceptors (Lipinski definition) is 3. The second-order valence-electron chi connectivity index (χ2n) is 5.40. The third kappa shape index (κ3) is 4.09. The molecule has 1 fully saturated rings. The van der Waals surface area contributed by atoms with Gasteiger partial charge < -0.3 is 10.6 Å². The normalized spacial score (nSPS) is 19.5. The van der Waals surface area contributed by atoms with Crippen molar-refractivity contribution in [3.63, 3.8) is 0 Å². The van der Waals surface area contributed by atoms with Crippen LogP contribution in [-0.4, -0.2) is 30.6 Å². The minimum atomic E-state index is 0.436. The molecule has 0 aromatic carbocycles. The second kappa shape index (κ2) is 5.98. The molecule has 0 amide bonds. The molecular weight excluding hydrogens is 228 g/mol. The average Bonchev–Trinajstić information content (AvgIpc) is 3.05. The number of nitrogens with zero attached hydrogens (tertiary/aromatic N) is 1. The molecule has 2 atom stereocenters. The van der Waals surface area contributed by atoms with Crippen LogP contribution in [0.4, 0.5) is 0 Å². The molecule has 0 spiro atoms. The minimum Gasteiger partial charge on any atom is -0.327 e. The van der Waals surface area contributed by atoms with Crippen molar-refractivity contribution >= 4 is 11.3 Å². The molecule has 1 aromatic heterocycles. The van der Waals surface area contributed by atoms with Crippen LogP contribution in [0.5, 0.6) is 0 Å². The van der Waals surface area contributed by atoms with Gasteiger partial charge in [0.1, 0.15) is 0 Å². The fourth-order valence-electron chi connectivity index (χ4n) is 2.21. The molecule has 0 aliphatic heterocycles. The quantitative estimate of drug-likeness (QED) is 0.808. The molecular formula is C14H24N2S. The Balaban J connectivity index is 1.69. The lowest BCUT2D eigenvalue weighted by atomic mass is 10.1. The van der Waals surface area contributed by atoms with E-state index in [1.807, 2.05) is 11.3 Å². The summed E-state index contributed by atoms with van der Waals surface area (Å²) < 4.78 is 0. The molecule has 2 rings (SSSR count). The predicted octanol–water partition coefficient (Wildman–Crippen LogP) is 2.74. The van der Waals surface area contributed by atoms with E-state index in [4.69, 9.17) is 5.73 Å². The molecule has 0 bridgehead atoms. The number of hydrogen-bond donors (Lipinski definition) is 1. The lowest BCUT2D eigenvalue weighted by Gasteiger charge is -2.25. The smallest absolute Gasteiger partial charge is 0.0112 e. The van der Waals surface area contributed by atoms with Gasteiger partial charge in [0, 0.05) is 17.0 Å². The van der Waals surface area contributed by atoms with Gasteiger partial charge >= 0.3 is 0 Å². The number of thiophene rings is 1. The first-order chi connectivity index (χ1) is 8.16. The Hall–Kier alpha value is -0.380. The van der Waals surface area contributed by atoms with E-state index in [1.54, 1.807) is 0 Å². The van der Waals surface area contributed by atoms with Gasteiger partial charge in [-0.25, -0.2) is 0 Å². The van der Waals surface area contributed by atoms with Crippen molar-refractivity contribution < 1.29 is 0 Å². The summed E-state index contributed by atoms with van der Waals surface area (Å²) in [5, 5.41) is 2.16. The van der Waals surface area contributed by atoms with Crippen molar-refractivity contribution in [1.29, 1.82) is 0 Å². The van der Waals surface area contributed by atoms with Crippen molar-refractivity contribution in [2.24, 2.45) is 11.7 Å². The summed E-state index contributed by atoms with van der Waals surface area (Å²) >= 11 is 1.86. The van der Waals surface area contributed by atoms with Gasteiger partial charge in [0.2, 0.25) is 0 Å². The van der Waals surface area contributed by atoms with Gasteiger partial charge in [-0.15, -0.1) is 11.3 Å². The van der Waals surface area contributed by atoms with Gasteiger partial charge in [-0.1, -0.05) is 6.07 Å². The van der Waals surface area contributed by atoms with Crippen LogP contribution in [-0.2, 0) is 6.42 Å². The van der Waals surface area contributed by atoms with E-state index < -0.39 is 0 Å². The van der Waals surface area contributed by atoms with Crippen molar-refractivity contribution in [1.82, 2.24) is 4.90 Å². The third-order valence-corrected chi connectivity index (χ3v) is 4.77. The minimum absolute atomic E-state index is 0.436. The van der Waals surface area contributed by atoms with Crippen molar-refractivity contribution in [2.75, 3.05) is 13.6 Å². The van der Waals surface area contributed by atoms with Gasteiger partial charge in [-0.2, -0.15) is 0 Å². The van der Waals surface area contributed by atoms with Crippen LogP contribution < -0.4 is 5.73 Å². The number of nitrogens with two attached hydrogens (primary N) is 1. The van der Waals surface area contributed by atoms with Gasteiger partial charge in [-0.05, 0) is 63.6 Å². The summed E-state index contributed by atoms with van der Waals surface area (Å²) in [6.07, 6.45) is 5.02. The highest BCUT2D eigenvalue weighted by molar-refractivity contribution is 7.09. The zero-order chi connectivity index (χ0) is 12.3. The molecule has 1 heterocycles. The molecule has 96 valence electrons. The topological polar surface area (TPSA) is 29.3 Å². The molecule has 1 aliphatic rings. The Kier molecular flexibility index (Phi) is 4.60. The van der Waals surface area contributed by atoms with E-state index in [1.165, 1.54) is 17.7 Å². The van der Waals surface area contributed by atoms with Crippen LogP contribution in [0.2, 0.25) is 0 Å². The Labute approximate surface area is 109 Å². The summed E-state index contributed by atoms with van der Waals surface area (Å²) in [5.41, 5.74) is 6.14. The summed E-state index contributed by atoms with van der Waals surface area (Å²) in [6, 6.07) is 5.41. The zero-order valence-corrected chi connectivity index (χ0v) is 11.7. The maximum Gasteiger partial charge on any atom is 0.0112 e. The van der Waals surface area contributed by atoms with E-state index in [0.29, 0.717) is 12.1 Å². The average molecular weight is 252 g/mol. The fraction of sp³-hybridized carbons (Fsp3) is 0.714. The van der Waals surface area contributed by atoms with Crippen LogP contribution in [0, 0.1) is 5.92 Å². The highest BCUT2D eigenvalue weighted by Crippen LogP contribution is 2.32. The van der Waals surface area contributed by atoms with Crippen LogP contribution in [0.25, 0.3) is 0 Å². The molecule has 2 unspecified atom stereocenters. The molecule has 3 heteroatoms. The highest BCUT2D eigenvalue weighted by atomic mass is 32.1. The maximum absolute atomic E-state index is 6.14. The number of likely N-dealkylation sites (N-methyl/N-ethyl adjacent to an activating group) is 1. The van der Waals surface area contributed by atoms with Gasteiger partial charge in [0.15, 0.2) is 0 Å². The lowest BCUT2D eigenvalue weighted by molar-refractivity contribution is 0.244. The lowest BCUT2D eigenvalue weighted by Crippen LogP contribution is -2.35. The Morgan fingerprint density at radius 1 is 1.53 bits per heavy atom. The fourth-order valence-corrected chi connectivity index (χ4v) is 3.04. The summed E-state index contributed by atoms with van der Waals surface area (Å²) in [7, 11) is 2.22. The third-order valence-electron chi connectivity index (χ3n) is 3.87. The number of rotatable bonds is 7. The molecule has 2 nitrogen and oxygen atoms in total. The second-order valence-corrected chi connectivity index (χ2v) is 6.44. The summed E-state index contributed by atoms with van der Waals surface area (Å²) in [4.78, 5) is 3.93. The molecule has 1 aliphatic carbocycles. The predicted molar refractivity (Wildman–Crippen MR) is 75.4 cm³/mol. The van der Waals surface area contributed by atoms with E-state index in [2.05, 4.69) is 36.4 Å². The van der Waals surface area contributed by atoms with Crippen molar-refractivity contribution in [3.8, 4) is 0 Å². The van der Waals surface area contributed by atoms with Crippen LogP contribution in [0.3, 0.4) is 0 Å². The van der Waals surface area contributed by atoms with Crippen LogP contribution >= 0.6 is 11.3 Å². The Bertz CT molecular complexity index is 319. The Morgan fingerprint density at radius 3 is 2.88 bits per heavy atom. The molecule has 0 saturated heterocycles. The first kappa shape index (κ1) is 13.1. The largest absolute Gasteiger partial charge is 0.327 e. The van der Waals surface area contributed by atoms with E-state index >= 15 is 0 Å². The van der Waals surface area contributed by atoms with E-state index in [-0.39, 0.29) is 0 Å². The highest BCUT2D eigenvalue weighted by Gasteiger charge is 2.28.